The largest absolute Gasteiger partial charge is 0.416 e. The maximum atomic E-state index is 12.9. The lowest BCUT2D eigenvalue weighted by Gasteiger charge is -2.14. The average molecular weight is 491 g/mol. The van der Waals surface area contributed by atoms with E-state index in [9.17, 15) is 30.0 Å². The minimum absolute atomic E-state index is 0.0398. The van der Waals surface area contributed by atoms with Crippen LogP contribution < -0.4 is 9.44 Å². The molecule has 0 saturated carbocycles. The first-order valence-corrected chi connectivity index (χ1v) is 12.5. The van der Waals surface area contributed by atoms with Gasteiger partial charge in [-0.15, -0.1) is 11.3 Å². The summed E-state index contributed by atoms with van der Waals surface area (Å²) in [6, 6.07) is 10.6. The van der Waals surface area contributed by atoms with Crippen molar-refractivity contribution >= 4 is 42.8 Å². The van der Waals surface area contributed by atoms with Crippen molar-refractivity contribution in [2.75, 3.05) is 9.44 Å². The topological polar surface area (TPSA) is 92.3 Å². The summed E-state index contributed by atoms with van der Waals surface area (Å²) >= 11 is 1.06. The fraction of sp³-hybridized carbons (Fsp3) is 0.158. The van der Waals surface area contributed by atoms with E-state index in [0.717, 1.165) is 34.4 Å². The summed E-state index contributed by atoms with van der Waals surface area (Å²) in [5.74, 6) is 0. The number of rotatable bonds is 6. The van der Waals surface area contributed by atoms with Gasteiger partial charge in [0.1, 0.15) is 4.21 Å². The van der Waals surface area contributed by atoms with Gasteiger partial charge in [-0.3, -0.25) is 9.44 Å². The van der Waals surface area contributed by atoms with Crippen molar-refractivity contribution in [3.05, 3.63) is 70.6 Å². The second-order valence-corrected chi connectivity index (χ2v) is 11.5. The minimum Gasteiger partial charge on any atom is -0.280 e. The van der Waals surface area contributed by atoms with Gasteiger partial charge in [0.2, 0.25) is 0 Å². The van der Waals surface area contributed by atoms with Crippen LogP contribution in [0.15, 0.2) is 63.7 Å². The molecule has 0 aliphatic carbocycles. The Bertz CT molecular complexity index is 1330. The normalized spacial score (nSPS) is 12.5. The first kappa shape index (κ1) is 23.1. The quantitative estimate of drug-likeness (QED) is 0.510. The Morgan fingerprint density at radius 2 is 1.55 bits per heavy atom. The van der Waals surface area contributed by atoms with Gasteiger partial charge in [-0.05, 0) is 61.9 Å². The first-order chi connectivity index (χ1) is 14.3. The lowest BCUT2D eigenvalue weighted by molar-refractivity contribution is -0.137. The SMILES string of the molecule is Cc1ccc(S(=O)(=O)Nc2cc(S(=O)(=O)Nc3cccc(C(F)(F)F)c3)ccc2C)s1. The molecule has 0 atom stereocenters. The molecule has 31 heavy (non-hydrogen) atoms. The van der Waals surface area contributed by atoms with Crippen LogP contribution in [0.2, 0.25) is 0 Å². The summed E-state index contributed by atoms with van der Waals surface area (Å²) in [7, 11) is -8.21. The van der Waals surface area contributed by atoms with E-state index in [1.807, 2.05) is 0 Å². The Labute approximate surface area is 181 Å². The summed E-state index contributed by atoms with van der Waals surface area (Å²) < 4.78 is 93.7. The molecule has 0 amide bonds. The number of alkyl halides is 3. The van der Waals surface area contributed by atoms with Gasteiger partial charge in [-0.1, -0.05) is 12.1 Å². The molecule has 12 heteroatoms. The Morgan fingerprint density at radius 3 is 2.16 bits per heavy atom. The van der Waals surface area contributed by atoms with Crippen LogP contribution in [0.3, 0.4) is 0 Å². The molecule has 166 valence electrons. The smallest absolute Gasteiger partial charge is 0.280 e. The van der Waals surface area contributed by atoms with Crippen LogP contribution in [0.5, 0.6) is 0 Å². The highest BCUT2D eigenvalue weighted by Gasteiger charge is 2.31. The summed E-state index contributed by atoms with van der Waals surface area (Å²) in [4.78, 5) is 0.481. The third-order valence-corrected chi connectivity index (χ3v) is 8.42. The summed E-state index contributed by atoms with van der Waals surface area (Å²) in [6.07, 6.45) is -4.63. The highest BCUT2D eigenvalue weighted by Crippen LogP contribution is 2.32. The molecule has 3 aromatic rings. The summed E-state index contributed by atoms with van der Waals surface area (Å²) in [5.41, 5.74) is -0.768. The molecular formula is C19H17F3N2O4S3. The van der Waals surface area contributed by atoms with Crippen LogP contribution in [0.25, 0.3) is 0 Å². The van der Waals surface area contributed by atoms with Crippen LogP contribution in [-0.4, -0.2) is 16.8 Å². The van der Waals surface area contributed by atoms with Crippen molar-refractivity contribution in [2.45, 2.75) is 29.1 Å². The standard InChI is InChI=1S/C19H17F3N2O4S3/c1-12-6-8-16(11-17(12)24-31(27,28)18-9-7-13(2)29-18)30(25,26)23-15-5-3-4-14(10-15)19(20,21)22/h3-11,23-24H,1-2H3. The van der Waals surface area contributed by atoms with E-state index < -0.39 is 31.8 Å². The van der Waals surface area contributed by atoms with Gasteiger partial charge in [-0.2, -0.15) is 13.2 Å². The van der Waals surface area contributed by atoms with E-state index >= 15 is 0 Å². The highest BCUT2D eigenvalue weighted by molar-refractivity contribution is 7.94. The highest BCUT2D eigenvalue weighted by atomic mass is 32.2. The molecule has 0 bridgehead atoms. The molecule has 0 aliphatic rings. The zero-order valence-corrected chi connectivity index (χ0v) is 18.6. The maximum absolute atomic E-state index is 12.9. The molecule has 6 nitrogen and oxygen atoms in total. The van der Waals surface area contributed by atoms with Crippen molar-refractivity contribution in [2.24, 2.45) is 0 Å². The van der Waals surface area contributed by atoms with Crippen LogP contribution in [0, 0.1) is 13.8 Å². The van der Waals surface area contributed by atoms with Gasteiger partial charge in [-0.25, -0.2) is 16.8 Å². The Balaban J connectivity index is 1.91. The number of benzene rings is 2. The number of hydrogen-bond donors (Lipinski definition) is 2. The van der Waals surface area contributed by atoms with Crippen molar-refractivity contribution in [1.82, 2.24) is 0 Å². The zero-order chi connectivity index (χ0) is 23.0. The molecule has 0 spiro atoms. The van der Waals surface area contributed by atoms with Crippen LogP contribution >= 0.6 is 11.3 Å². The third kappa shape index (κ3) is 5.38. The third-order valence-electron chi connectivity index (χ3n) is 4.19. The predicted molar refractivity (Wildman–Crippen MR) is 113 cm³/mol. The number of anilines is 2. The summed E-state index contributed by atoms with van der Waals surface area (Å²) in [5, 5.41) is 0. The minimum atomic E-state index is -4.63. The predicted octanol–water partition coefficient (Wildman–Crippen LogP) is 4.99. The van der Waals surface area contributed by atoms with Crippen molar-refractivity contribution in [1.29, 1.82) is 0 Å². The second kappa shape index (κ2) is 8.17. The van der Waals surface area contributed by atoms with Crippen LogP contribution in [0.4, 0.5) is 24.5 Å². The van der Waals surface area contributed by atoms with E-state index in [1.165, 1.54) is 24.3 Å². The monoisotopic (exact) mass is 490 g/mol. The van der Waals surface area contributed by atoms with Crippen molar-refractivity contribution in [3.63, 3.8) is 0 Å². The maximum Gasteiger partial charge on any atom is 0.416 e. The molecule has 0 radical (unpaired) electrons. The van der Waals surface area contributed by atoms with Gasteiger partial charge >= 0.3 is 6.18 Å². The van der Waals surface area contributed by atoms with Gasteiger partial charge in [0.05, 0.1) is 16.1 Å². The van der Waals surface area contributed by atoms with Crippen molar-refractivity contribution < 1.29 is 30.0 Å². The van der Waals surface area contributed by atoms with E-state index in [0.29, 0.717) is 11.6 Å². The molecule has 2 N–H and O–H groups in total. The fourth-order valence-corrected chi connectivity index (χ4v) is 6.08. The Kier molecular flexibility index (Phi) is 6.09. The molecule has 2 aromatic carbocycles. The molecule has 0 unspecified atom stereocenters. The molecule has 1 heterocycles. The summed E-state index contributed by atoms with van der Waals surface area (Å²) in [6.45, 7) is 3.34. The fourth-order valence-electron chi connectivity index (χ4n) is 2.60. The average Bonchev–Trinajstić information content (AvgIpc) is 3.10. The number of aryl methyl sites for hydroxylation is 2. The number of thiophene rings is 1. The van der Waals surface area contributed by atoms with E-state index in [2.05, 4.69) is 9.44 Å². The Hall–Kier alpha value is -2.57. The first-order valence-electron chi connectivity index (χ1n) is 8.68. The number of hydrogen-bond acceptors (Lipinski definition) is 5. The zero-order valence-electron chi connectivity index (χ0n) is 16.2. The molecule has 3 rings (SSSR count). The molecule has 0 fully saturated rings. The van der Waals surface area contributed by atoms with Gasteiger partial charge in [0.25, 0.3) is 20.0 Å². The molecule has 0 aliphatic heterocycles. The van der Waals surface area contributed by atoms with Crippen LogP contribution in [0.1, 0.15) is 16.0 Å². The number of sulfonamides is 2. The lowest BCUT2D eigenvalue weighted by atomic mass is 10.2. The molecular weight excluding hydrogens is 473 g/mol. The number of halogens is 3. The van der Waals surface area contributed by atoms with E-state index in [-0.39, 0.29) is 20.5 Å². The van der Waals surface area contributed by atoms with E-state index in [1.54, 1.807) is 19.9 Å². The van der Waals surface area contributed by atoms with Gasteiger partial charge in [0.15, 0.2) is 0 Å². The lowest BCUT2D eigenvalue weighted by Crippen LogP contribution is -2.16. The molecule has 1 aromatic heterocycles. The van der Waals surface area contributed by atoms with Gasteiger partial charge < -0.3 is 0 Å². The second-order valence-electron chi connectivity index (χ2n) is 6.63. The van der Waals surface area contributed by atoms with Crippen LogP contribution in [-0.2, 0) is 26.2 Å². The number of nitrogens with one attached hydrogen (secondary N) is 2. The Morgan fingerprint density at radius 1 is 0.839 bits per heavy atom. The van der Waals surface area contributed by atoms with E-state index in [4.69, 9.17) is 0 Å². The van der Waals surface area contributed by atoms with Gasteiger partial charge in [0, 0.05) is 10.6 Å². The molecule has 0 saturated heterocycles. The van der Waals surface area contributed by atoms with Crippen molar-refractivity contribution in [3.8, 4) is 0 Å².